The van der Waals surface area contributed by atoms with Gasteiger partial charge in [-0.25, -0.2) is 0 Å². The Bertz CT molecular complexity index is 412. The lowest BCUT2D eigenvalue weighted by Crippen LogP contribution is -2.54. The molecular formula is C15H29ClN4O2. The average Bonchev–Trinajstić information content (AvgIpc) is 2.89. The topological polar surface area (TPSA) is 69.9 Å². The third kappa shape index (κ3) is 4.12. The van der Waals surface area contributed by atoms with Gasteiger partial charge in [-0.1, -0.05) is 6.92 Å². The zero-order chi connectivity index (χ0) is 15.6. The molecule has 2 aliphatic heterocycles. The molecule has 0 bridgehead atoms. The van der Waals surface area contributed by atoms with Crippen molar-refractivity contribution in [3.8, 4) is 0 Å². The minimum atomic E-state index is -0.0951. The van der Waals surface area contributed by atoms with E-state index in [9.17, 15) is 9.59 Å². The van der Waals surface area contributed by atoms with Crippen LogP contribution in [0.1, 0.15) is 27.2 Å². The predicted molar refractivity (Wildman–Crippen MR) is 88.9 cm³/mol. The molecule has 7 heteroatoms. The number of nitrogens with two attached hydrogens (primary N) is 1. The molecule has 0 saturated carbocycles. The van der Waals surface area contributed by atoms with Crippen molar-refractivity contribution in [3.63, 3.8) is 0 Å². The molecule has 0 aliphatic carbocycles. The molecule has 2 heterocycles. The van der Waals surface area contributed by atoms with E-state index < -0.39 is 0 Å². The van der Waals surface area contributed by atoms with Gasteiger partial charge in [-0.15, -0.1) is 12.4 Å². The van der Waals surface area contributed by atoms with Gasteiger partial charge in [-0.3, -0.25) is 14.5 Å². The highest BCUT2D eigenvalue weighted by Crippen LogP contribution is 2.30. The maximum atomic E-state index is 12.6. The van der Waals surface area contributed by atoms with Gasteiger partial charge in [0.25, 0.3) is 0 Å². The number of rotatable bonds is 3. The molecule has 22 heavy (non-hydrogen) atoms. The summed E-state index contributed by atoms with van der Waals surface area (Å²) in [6.45, 7) is 10.8. The Labute approximate surface area is 139 Å². The summed E-state index contributed by atoms with van der Waals surface area (Å²) in [7, 11) is 0. The fourth-order valence-electron chi connectivity index (χ4n) is 3.22. The molecule has 0 aromatic carbocycles. The first kappa shape index (κ1) is 19.2. The first-order chi connectivity index (χ1) is 9.86. The summed E-state index contributed by atoms with van der Waals surface area (Å²) in [5, 5.41) is 0. The van der Waals surface area contributed by atoms with Gasteiger partial charge in [0.2, 0.25) is 11.8 Å². The van der Waals surface area contributed by atoms with Gasteiger partial charge in [0.15, 0.2) is 0 Å². The van der Waals surface area contributed by atoms with E-state index in [0.29, 0.717) is 32.7 Å². The van der Waals surface area contributed by atoms with Crippen molar-refractivity contribution in [2.45, 2.75) is 33.2 Å². The third-order valence-corrected chi connectivity index (χ3v) is 5.02. The summed E-state index contributed by atoms with van der Waals surface area (Å²) in [6, 6.07) is -0.0951. The predicted octanol–water partition coefficient (Wildman–Crippen LogP) is 0.158. The smallest absolute Gasteiger partial charge is 0.239 e. The number of carbonyl (C=O) groups excluding carboxylic acids is 2. The number of amides is 2. The van der Waals surface area contributed by atoms with Crippen molar-refractivity contribution in [1.29, 1.82) is 0 Å². The molecule has 2 aliphatic rings. The zero-order valence-electron chi connectivity index (χ0n) is 13.9. The Morgan fingerprint density at radius 1 is 1.14 bits per heavy atom. The third-order valence-electron chi connectivity index (χ3n) is 5.02. The Morgan fingerprint density at radius 2 is 1.68 bits per heavy atom. The summed E-state index contributed by atoms with van der Waals surface area (Å²) in [5.41, 5.74) is 5.97. The number of carbonyl (C=O) groups is 2. The van der Waals surface area contributed by atoms with Gasteiger partial charge in [-0.05, 0) is 31.8 Å². The van der Waals surface area contributed by atoms with Crippen molar-refractivity contribution in [1.82, 2.24) is 14.7 Å². The molecule has 0 radical (unpaired) electrons. The van der Waals surface area contributed by atoms with Crippen LogP contribution in [0.3, 0.4) is 0 Å². The highest BCUT2D eigenvalue weighted by molar-refractivity contribution is 5.85. The molecule has 2 rings (SSSR count). The van der Waals surface area contributed by atoms with Crippen LogP contribution in [0.5, 0.6) is 0 Å². The molecular weight excluding hydrogens is 304 g/mol. The van der Waals surface area contributed by atoms with Crippen LogP contribution in [0.25, 0.3) is 0 Å². The Hall–Kier alpha value is -0.850. The second-order valence-corrected chi connectivity index (χ2v) is 6.74. The molecule has 0 spiro atoms. The van der Waals surface area contributed by atoms with Gasteiger partial charge in [0.05, 0.1) is 6.04 Å². The molecule has 2 fully saturated rings. The van der Waals surface area contributed by atoms with Crippen LogP contribution < -0.4 is 5.73 Å². The highest BCUT2D eigenvalue weighted by atomic mass is 35.5. The normalized spacial score (nSPS) is 27.5. The zero-order valence-corrected chi connectivity index (χ0v) is 14.7. The maximum Gasteiger partial charge on any atom is 0.239 e. The largest absolute Gasteiger partial charge is 0.339 e. The van der Waals surface area contributed by atoms with Crippen LogP contribution in [0, 0.1) is 5.41 Å². The highest BCUT2D eigenvalue weighted by Gasteiger charge is 2.38. The number of hydrogen-bond donors (Lipinski definition) is 1. The maximum absolute atomic E-state index is 12.6. The molecule has 0 aromatic rings. The number of piperazine rings is 1. The number of nitrogens with zero attached hydrogens (tertiary/aromatic N) is 3. The first-order valence-corrected chi connectivity index (χ1v) is 7.85. The van der Waals surface area contributed by atoms with Gasteiger partial charge in [-0.2, -0.15) is 0 Å². The van der Waals surface area contributed by atoms with Crippen LogP contribution in [-0.2, 0) is 9.59 Å². The van der Waals surface area contributed by atoms with Gasteiger partial charge < -0.3 is 15.5 Å². The Balaban J connectivity index is 0.00000242. The van der Waals surface area contributed by atoms with Crippen LogP contribution in [0.4, 0.5) is 0 Å². The molecule has 2 saturated heterocycles. The standard InChI is InChI=1S/C15H28N4O2.ClH/c1-12(19-5-4-15(3,10-16)11-19)14(21)18-8-6-17(7-9-18)13(2)20;/h12H,4-11,16H2,1-3H3;1H. The van der Waals surface area contributed by atoms with E-state index in [0.717, 1.165) is 19.5 Å². The first-order valence-electron chi connectivity index (χ1n) is 7.85. The van der Waals surface area contributed by atoms with E-state index in [2.05, 4.69) is 11.8 Å². The van der Waals surface area contributed by atoms with E-state index in [1.54, 1.807) is 11.8 Å². The van der Waals surface area contributed by atoms with Crippen molar-refractivity contribution in [3.05, 3.63) is 0 Å². The van der Waals surface area contributed by atoms with Crippen molar-refractivity contribution < 1.29 is 9.59 Å². The number of likely N-dealkylation sites (tertiary alicyclic amines) is 1. The van der Waals surface area contributed by atoms with Gasteiger partial charge >= 0.3 is 0 Å². The average molecular weight is 333 g/mol. The minimum absolute atomic E-state index is 0. The lowest BCUT2D eigenvalue weighted by molar-refractivity contribution is -0.141. The molecule has 2 unspecified atom stereocenters. The summed E-state index contributed by atoms with van der Waals surface area (Å²) >= 11 is 0. The van der Waals surface area contributed by atoms with Crippen molar-refractivity contribution >= 4 is 24.2 Å². The fraction of sp³-hybridized carbons (Fsp3) is 0.867. The molecule has 6 nitrogen and oxygen atoms in total. The Morgan fingerprint density at radius 3 is 2.14 bits per heavy atom. The lowest BCUT2D eigenvalue weighted by Gasteiger charge is -2.37. The van der Waals surface area contributed by atoms with Crippen molar-refractivity contribution in [2.24, 2.45) is 11.1 Å². The molecule has 128 valence electrons. The minimum Gasteiger partial charge on any atom is -0.339 e. The Kier molecular flexibility index (Phi) is 6.65. The van der Waals surface area contributed by atoms with Crippen LogP contribution in [-0.4, -0.2) is 78.4 Å². The molecule has 2 N–H and O–H groups in total. The summed E-state index contributed by atoms with van der Waals surface area (Å²) in [6.07, 6.45) is 1.05. The fourth-order valence-corrected chi connectivity index (χ4v) is 3.22. The van der Waals surface area contributed by atoms with Gasteiger partial charge in [0.1, 0.15) is 0 Å². The second-order valence-electron chi connectivity index (χ2n) is 6.74. The molecule has 2 atom stereocenters. The summed E-state index contributed by atoms with van der Waals surface area (Å²) in [4.78, 5) is 29.9. The van der Waals surface area contributed by atoms with Crippen LogP contribution >= 0.6 is 12.4 Å². The lowest BCUT2D eigenvalue weighted by atomic mass is 9.90. The van der Waals surface area contributed by atoms with E-state index in [4.69, 9.17) is 5.73 Å². The SMILES string of the molecule is CC(=O)N1CCN(C(=O)C(C)N2CCC(C)(CN)C2)CC1.Cl. The second kappa shape index (κ2) is 7.62. The molecule has 2 amide bonds. The monoisotopic (exact) mass is 332 g/mol. The van der Waals surface area contributed by atoms with Crippen LogP contribution in [0.15, 0.2) is 0 Å². The summed E-state index contributed by atoms with van der Waals surface area (Å²) in [5.74, 6) is 0.271. The van der Waals surface area contributed by atoms with Crippen LogP contribution in [0.2, 0.25) is 0 Å². The van der Waals surface area contributed by atoms with E-state index in [1.165, 1.54) is 0 Å². The van der Waals surface area contributed by atoms with Gasteiger partial charge in [0, 0.05) is 39.6 Å². The van der Waals surface area contributed by atoms with E-state index >= 15 is 0 Å². The van der Waals surface area contributed by atoms with E-state index in [1.807, 2.05) is 11.8 Å². The van der Waals surface area contributed by atoms with E-state index in [-0.39, 0.29) is 35.7 Å². The quantitative estimate of drug-likeness (QED) is 0.799. The molecule has 0 aromatic heterocycles. The number of halogens is 1. The summed E-state index contributed by atoms with van der Waals surface area (Å²) < 4.78 is 0. The van der Waals surface area contributed by atoms with Crippen molar-refractivity contribution in [2.75, 3.05) is 45.8 Å². The number of hydrogen-bond acceptors (Lipinski definition) is 4.